The fraction of sp³-hybridized carbons (Fsp3) is 0.412. The summed E-state index contributed by atoms with van der Waals surface area (Å²) in [5.74, 6) is -2.38. The molecule has 0 aliphatic carbocycles. The van der Waals surface area contributed by atoms with Gasteiger partial charge in [0.1, 0.15) is 18.2 Å². The topological polar surface area (TPSA) is 106 Å². The summed E-state index contributed by atoms with van der Waals surface area (Å²) in [6.07, 6.45) is 1.82. The summed E-state index contributed by atoms with van der Waals surface area (Å²) in [6.45, 7) is 4.47. The SMILES string of the molecule is CC(C)(C)OC(=O)C(F)(F)F.O=C(O)CC[n+]1ccc(-c2ncccn2)cn1. The molecule has 0 saturated heterocycles. The summed E-state index contributed by atoms with van der Waals surface area (Å²) in [7, 11) is 0. The molecule has 1 N–H and O–H groups in total. The number of carboxylic acids is 1. The van der Waals surface area contributed by atoms with Crippen LogP contribution in [0.4, 0.5) is 13.2 Å². The lowest BCUT2D eigenvalue weighted by Crippen LogP contribution is -2.38. The highest BCUT2D eigenvalue weighted by atomic mass is 19.4. The minimum atomic E-state index is -4.90. The van der Waals surface area contributed by atoms with E-state index in [-0.39, 0.29) is 6.42 Å². The number of aliphatic carboxylic acids is 1. The van der Waals surface area contributed by atoms with Crippen LogP contribution in [0.15, 0.2) is 36.9 Å². The Morgan fingerprint density at radius 1 is 1.18 bits per heavy atom. The Hall–Kier alpha value is -3.11. The molecular formula is C17H20F3N4O4+. The van der Waals surface area contributed by atoms with Crippen LogP contribution in [-0.2, 0) is 20.9 Å². The molecule has 0 fully saturated rings. The second kappa shape index (κ2) is 9.72. The molecule has 11 heteroatoms. The van der Waals surface area contributed by atoms with Gasteiger partial charge in [-0.05, 0) is 31.9 Å². The average Bonchev–Trinajstić information content (AvgIpc) is 2.59. The van der Waals surface area contributed by atoms with E-state index in [0.717, 1.165) is 5.56 Å². The number of nitrogens with zero attached hydrogens (tertiary/aromatic N) is 4. The van der Waals surface area contributed by atoms with Gasteiger partial charge in [0.15, 0.2) is 18.6 Å². The van der Waals surface area contributed by atoms with E-state index in [2.05, 4.69) is 19.8 Å². The lowest BCUT2D eigenvalue weighted by atomic mass is 10.2. The van der Waals surface area contributed by atoms with Gasteiger partial charge in [0.25, 0.3) is 0 Å². The van der Waals surface area contributed by atoms with Gasteiger partial charge in [-0.2, -0.15) is 13.2 Å². The molecule has 2 aromatic rings. The zero-order valence-electron chi connectivity index (χ0n) is 15.5. The van der Waals surface area contributed by atoms with E-state index < -0.39 is 23.7 Å². The summed E-state index contributed by atoms with van der Waals surface area (Å²) < 4.78 is 40.1. The van der Waals surface area contributed by atoms with Crippen LogP contribution in [0.25, 0.3) is 11.4 Å². The van der Waals surface area contributed by atoms with Gasteiger partial charge in [-0.3, -0.25) is 4.79 Å². The smallest absolute Gasteiger partial charge is 0.481 e. The van der Waals surface area contributed by atoms with E-state index in [0.29, 0.717) is 12.4 Å². The number of aromatic nitrogens is 4. The van der Waals surface area contributed by atoms with Crippen molar-refractivity contribution >= 4 is 11.9 Å². The van der Waals surface area contributed by atoms with E-state index >= 15 is 0 Å². The maximum atomic E-state index is 11.5. The van der Waals surface area contributed by atoms with Crippen LogP contribution in [0.2, 0.25) is 0 Å². The zero-order valence-corrected chi connectivity index (χ0v) is 15.5. The highest BCUT2D eigenvalue weighted by Crippen LogP contribution is 2.20. The van der Waals surface area contributed by atoms with Gasteiger partial charge in [-0.15, -0.1) is 0 Å². The summed E-state index contributed by atoms with van der Waals surface area (Å²) in [6, 6.07) is 3.55. The monoisotopic (exact) mass is 401 g/mol. The Kier molecular flexibility index (Phi) is 7.96. The van der Waals surface area contributed by atoms with Crippen LogP contribution >= 0.6 is 0 Å². The van der Waals surface area contributed by atoms with Crippen molar-refractivity contribution in [2.45, 2.75) is 45.5 Å². The third kappa shape index (κ3) is 9.01. The fourth-order valence-corrected chi connectivity index (χ4v) is 1.64. The number of carbonyl (C=O) groups excluding carboxylic acids is 1. The number of esters is 1. The molecule has 0 aliphatic heterocycles. The molecule has 0 amide bonds. The Morgan fingerprint density at radius 2 is 1.79 bits per heavy atom. The molecule has 0 aromatic carbocycles. The van der Waals surface area contributed by atoms with Crippen molar-refractivity contribution in [3.05, 3.63) is 36.9 Å². The van der Waals surface area contributed by atoms with Crippen molar-refractivity contribution in [1.82, 2.24) is 15.1 Å². The number of hydrogen-bond donors (Lipinski definition) is 1. The van der Waals surface area contributed by atoms with Crippen LogP contribution in [-0.4, -0.2) is 43.9 Å². The van der Waals surface area contributed by atoms with Crippen molar-refractivity contribution in [2.75, 3.05) is 0 Å². The molecular weight excluding hydrogens is 381 g/mol. The number of carbonyl (C=O) groups is 2. The van der Waals surface area contributed by atoms with Gasteiger partial charge < -0.3 is 9.84 Å². The molecule has 28 heavy (non-hydrogen) atoms. The maximum Gasteiger partial charge on any atom is 0.490 e. The zero-order chi connectivity index (χ0) is 21.4. The summed E-state index contributed by atoms with van der Waals surface area (Å²) in [5.41, 5.74) is -0.288. The van der Waals surface area contributed by atoms with Gasteiger partial charge >= 0.3 is 18.1 Å². The van der Waals surface area contributed by atoms with Gasteiger partial charge in [0.2, 0.25) is 0 Å². The molecule has 0 spiro atoms. The lowest BCUT2D eigenvalue weighted by molar-refractivity contribution is -0.752. The molecule has 0 aliphatic rings. The molecule has 2 heterocycles. The molecule has 0 unspecified atom stereocenters. The maximum absolute atomic E-state index is 11.5. The standard InChI is InChI=1S/C11H10N4O2.C6H9F3O2/c16-10(17)3-7-15-6-2-9(8-14-15)11-12-4-1-5-13-11;1-5(2,3)11-4(10)6(7,8)9/h1-2,4-6,8H,3,7H2;1-3H3/p+1. The van der Waals surface area contributed by atoms with E-state index in [1.165, 1.54) is 20.8 Å². The second-order valence-electron chi connectivity index (χ2n) is 6.39. The van der Waals surface area contributed by atoms with Gasteiger partial charge in [0.05, 0.1) is 0 Å². The number of rotatable bonds is 4. The van der Waals surface area contributed by atoms with Crippen molar-refractivity contribution in [2.24, 2.45) is 0 Å². The van der Waals surface area contributed by atoms with Crippen molar-refractivity contribution in [1.29, 1.82) is 0 Å². The molecule has 152 valence electrons. The molecule has 0 bridgehead atoms. The first-order valence-electron chi connectivity index (χ1n) is 8.03. The quantitative estimate of drug-likeness (QED) is 0.618. The lowest BCUT2D eigenvalue weighted by Gasteiger charge is -2.19. The second-order valence-corrected chi connectivity index (χ2v) is 6.39. The van der Waals surface area contributed by atoms with Crippen LogP contribution in [0.5, 0.6) is 0 Å². The van der Waals surface area contributed by atoms with Gasteiger partial charge in [-0.25, -0.2) is 14.8 Å². The third-order valence-electron chi connectivity index (χ3n) is 2.78. The van der Waals surface area contributed by atoms with Crippen molar-refractivity contribution in [3.63, 3.8) is 0 Å². The molecule has 8 nitrogen and oxygen atoms in total. The molecule has 0 atom stereocenters. The van der Waals surface area contributed by atoms with Crippen LogP contribution in [0.1, 0.15) is 27.2 Å². The molecule has 2 rings (SSSR count). The highest BCUT2D eigenvalue weighted by molar-refractivity contribution is 5.76. The number of ether oxygens (including phenoxy) is 1. The largest absolute Gasteiger partial charge is 0.490 e. The summed E-state index contributed by atoms with van der Waals surface area (Å²) >= 11 is 0. The summed E-state index contributed by atoms with van der Waals surface area (Å²) in [5, 5.41) is 12.6. The first-order valence-corrected chi connectivity index (χ1v) is 8.03. The predicted octanol–water partition coefficient (Wildman–Crippen LogP) is 2.19. The van der Waals surface area contributed by atoms with Crippen molar-refractivity contribution in [3.8, 4) is 11.4 Å². The number of carboxylic acid groups (broad SMARTS) is 1. The Bertz CT molecular complexity index is 776. The number of aryl methyl sites for hydroxylation is 1. The predicted molar refractivity (Wildman–Crippen MR) is 89.6 cm³/mol. The highest BCUT2D eigenvalue weighted by Gasteiger charge is 2.42. The van der Waals surface area contributed by atoms with E-state index in [4.69, 9.17) is 5.11 Å². The fourth-order valence-electron chi connectivity index (χ4n) is 1.64. The normalized spacial score (nSPS) is 11.2. The first kappa shape index (κ1) is 22.9. The number of halogens is 3. The molecule has 0 saturated carbocycles. The Labute approximate surface area is 159 Å². The minimum Gasteiger partial charge on any atom is -0.481 e. The molecule has 0 radical (unpaired) electrons. The van der Waals surface area contributed by atoms with E-state index in [9.17, 15) is 22.8 Å². The third-order valence-corrected chi connectivity index (χ3v) is 2.78. The number of alkyl halides is 3. The first-order chi connectivity index (χ1) is 12.9. The van der Waals surface area contributed by atoms with Crippen LogP contribution in [0, 0.1) is 0 Å². The Morgan fingerprint density at radius 3 is 2.18 bits per heavy atom. The molecule has 2 aromatic heterocycles. The summed E-state index contributed by atoms with van der Waals surface area (Å²) in [4.78, 5) is 28.7. The average molecular weight is 401 g/mol. The number of hydrogen-bond acceptors (Lipinski definition) is 6. The minimum absolute atomic E-state index is 0.0544. The van der Waals surface area contributed by atoms with Crippen LogP contribution in [0.3, 0.4) is 0 Å². The van der Waals surface area contributed by atoms with Crippen LogP contribution < -0.4 is 4.68 Å². The van der Waals surface area contributed by atoms with Crippen molar-refractivity contribution < 1.29 is 37.3 Å². The van der Waals surface area contributed by atoms with E-state index in [1.54, 1.807) is 35.5 Å². The van der Waals surface area contributed by atoms with Gasteiger partial charge in [-0.1, -0.05) is 4.68 Å². The van der Waals surface area contributed by atoms with E-state index in [1.807, 2.05) is 6.07 Å². The Balaban J connectivity index is 0.000000311. The van der Waals surface area contributed by atoms with Gasteiger partial charge in [0, 0.05) is 24.0 Å².